The van der Waals surface area contributed by atoms with Crippen LogP contribution in [-0.4, -0.2) is 5.91 Å². The topological polar surface area (TPSA) is 43.1 Å². The Morgan fingerprint density at radius 3 is 2.75 bits per heavy atom. The summed E-state index contributed by atoms with van der Waals surface area (Å²) in [5.41, 5.74) is 6.90. The van der Waals surface area contributed by atoms with Crippen LogP contribution in [0.15, 0.2) is 18.2 Å². The molecule has 1 aromatic carbocycles. The number of hydrogen-bond donors (Lipinski definition) is 1. The van der Waals surface area contributed by atoms with E-state index in [-0.39, 0.29) is 11.7 Å². The van der Waals surface area contributed by atoms with Gasteiger partial charge in [-0.3, -0.25) is 4.79 Å². The molecule has 0 fully saturated rings. The van der Waals surface area contributed by atoms with Crippen LogP contribution in [0.5, 0.6) is 0 Å². The number of amides is 1. The molecule has 3 rings (SSSR count). The Morgan fingerprint density at radius 2 is 2.10 bits per heavy atom. The number of primary amides is 1. The van der Waals surface area contributed by atoms with Crippen molar-refractivity contribution in [1.29, 1.82) is 0 Å². The lowest BCUT2D eigenvalue weighted by atomic mass is 9.80. The van der Waals surface area contributed by atoms with Crippen LogP contribution in [0.3, 0.4) is 0 Å². The number of rotatable bonds is 2. The molecule has 1 aliphatic rings. The number of carbonyl (C=O) groups excluding carboxylic acids is 1. The van der Waals surface area contributed by atoms with Gasteiger partial charge in [0.1, 0.15) is 11.6 Å². The van der Waals surface area contributed by atoms with E-state index in [0.29, 0.717) is 33.7 Å². The van der Waals surface area contributed by atoms with Crippen LogP contribution in [0.25, 0.3) is 10.4 Å². The molecular weight excluding hydrogens is 280 g/mol. The quantitative estimate of drug-likeness (QED) is 0.898. The molecule has 104 valence electrons. The van der Waals surface area contributed by atoms with Crippen LogP contribution < -0.4 is 5.73 Å². The van der Waals surface area contributed by atoms with Crippen molar-refractivity contribution in [3.63, 3.8) is 0 Å². The molecular formula is C15H13F2NOS. The maximum absolute atomic E-state index is 14.2. The summed E-state index contributed by atoms with van der Waals surface area (Å²) in [5.74, 6) is -1.43. The van der Waals surface area contributed by atoms with Crippen LogP contribution in [-0.2, 0) is 6.42 Å². The zero-order chi connectivity index (χ0) is 14.4. The van der Waals surface area contributed by atoms with Crippen molar-refractivity contribution in [2.24, 2.45) is 5.73 Å². The normalized spacial score (nSPS) is 16.6. The van der Waals surface area contributed by atoms with E-state index in [4.69, 9.17) is 5.73 Å². The maximum atomic E-state index is 14.2. The predicted octanol–water partition coefficient (Wildman–Crippen LogP) is 3.84. The van der Waals surface area contributed by atoms with Gasteiger partial charge in [-0.1, -0.05) is 6.92 Å². The molecule has 0 saturated carbocycles. The molecule has 2 nitrogen and oxygen atoms in total. The number of halogens is 2. The number of hydrogen-bond acceptors (Lipinski definition) is 2. The van der Waals surface area contributed by atoms with Crippen molar-refractivity contribution in [1.82, 2.24) is 0 Å². The van der Waals surface area contributed by atoms with Crippen LogP contribution in [0.2, 0.25) is 0 Å². The summed E-state index contributed by atoms with van der Waals surface area (Å²) in [6.07, 6.45) is 1.33. The second-order valence-corrected chi connectivity index (χ2v) is 6.01. The van der Waals surface area contributed by atoms with E-state index in [1.807, 2.05) is 6.92 Å². The fraction of sp³-hybridized carbons (Fsp3) is 0.267. The Kier molecular flexibility index (Phi) is 3.09. The molecule has 1 unspecified atom stereocenters. The third-order valence-corrected chi connectivity index (χ3v) is 5.00. The SMILES string of the molecule is CCC1Cc2cc(C(N)=O)sc2-c2c(F)ccc(F)c21. The molecule has 20 heavy (non-hydrogen) atoms. The lowest BCUT2D eigenvalue weighted by molar-refractivity contribution is 0.100. The molecule has 2 aromatic rings. The molecule has 1 aromatic heterocycles. The molecule has 1 heterocycles. The lowest BCUT2D eigenvalue weighted by Gasteiger charge is -2.25. The summed E-state index contributed by atoms with van der Waals surface area (Å²) in [6, 6.07) is 4.02. The van der Waals surface area contributed by atoms with Gasteiger partial charge >= 0.3 is 0 Å². The van der Waals surface area contributed by atoms with Gasteiger partial charge in [0.25, 0.3) is 5.91 Å². The van der Waals surface area contributed by atoms with E-state index >= 15 is 0 Å². The second kappa shape index (κ2) is 4.66. The molecule has 0 spiro atoms. The average molecular weight is 293 g/mol. The molecule has 0 radical (unpaired) electrons. The third kappa shape index (κ3) is 1.85. The molecule has 1 atom stereocenters. The van der Waals surface area contributed by atoms with E-state index in [2.05, 4.69) is 0 Å². The van der Waals surface area contributed by atoms with Gasteiger partial charge in [-0.2, -0.15) is 0 Å². The van der Waals surface area contributed by atoms with E-state index in [0.717, 1.165) is 23.0 Å². The minimum atomic E-state index is -0.532. The zero-order valence-electron chi connectivity index (χ0n) is 10.9. The van der Waals surface area contributed by atoms with Crippen molar-refractivity contribution < 1.29 is 13.6 Å². The number of benzene rings is 1. The Bertz CT molecular complexity index is 708. The van der Waals surface area contributed by atoms with Gasteiger partial charge in [0, 0.05) is 16.0 Å². The van der Waals surface area contributed by atoms with E-state index in [1.165, 1.54) is 6.07 Å². The van der Waals surface area contributed by atoms with Gasteiger partial charge in [0.15, 0.2) is 0 Å². The van der Waals surface area contributed by atoms with Crippen molar-refractivity contribution in [3.05, 3.63) is 45.8 Å². The Balaban J connectivity index is 2.30. The number of nitrogens with two attached hydrogens (primary N) is 1. The lowest BCUT2D eigenvalue weighted by Crippen LogP contribution is -2.12. The molecule has 1 amide bonds. The molecule has 0 saturated heterocycles. The summed E-state index contributed by atoms with van der Waals surface area (Å²) >= 11 is 1.14. The standard InChI is InChI=1S/C15H13F2NOS/c1-2-7-5-8-6-11(15(18)19)20-14(8)13-10(17)4-3-9(16)12(7)13/h3-4,6-7H,2,5H2,1H3,(H2,18,19). The summed E-state index contributed by atoms with van der Waals surface area (Å²) in [4.78, 5) is 12.3. The van der Waals surface area contributed by atoms with Crippen molar-refractivity contribution in [2.45, 2.75) is 25.7 Å². The van der Waals surface area contributed by atoms with Gasteiger partial charge in [0.2, 0.25) is 0 Å². The van der Waals surface area contributed by atoms with Gasteiger partial charge in [-0.25, -0.2) is 8.78 Å². The van der Waals surface area contributed by atoms with Crippen molar-refractivity contribution in [3.8, 4) is 10.4 Å². The van der Waals surface area contributed by atoms with Crippen molar-refractivity contribution in [2.75, 3.05) is 0 Å². The number of fused-ring (bicyclic) bond motifs is 3. The molecule has 5 heteroatoms. The largest absolute Gasteiger partial charge is 0.365 e. The Morgan fingerprint density at radius 1 is 1.40 bits per heavy atom. The summed E-state index contributed by atoms with van der Waals surface area (Å²) in [6.45, 7) is 1.95. The van der Waals surface area contributed by atoms with Gasteiger partial charge in [-0.05, 0) is 42.5 Å². The first-order valence-electron chi connectivity index (χ1n) is 6.43. The first-order valence-corrected chi connectivity index (χ1v) is 7.25. The first-order chi connectivity index (χ1) is 9.52. The van der Waals surface area contributed by atoms with Crippen molar-refractivity contribution >= 4 is 17.2 Å². The van der Waals surface area contributed by atoms with Gasteiger partial charge in [-0.15, -0.1) is 11.3 Å². The molecule has 0 aliphatic heterocycles. The van der Waals surface area contributed by atoms with E-state index in [1.54, 1.807) is 6.07 Å². The second-order valence-electron chi connectivity index (χ2n) is 4.96. The monoisotopic (exact) mass is 293 g/mol. The van der Waals surface area contributed by atoms with Gasteiger partial charge in [0.05, 0.1) is 4.88 Å². The molecule has 0 bridgehead atoms. The van der Waals surface area contributed by atoms with Crippen LogP contribution in [0.1, 0.15) is 40.1 Å². The summed E-state index contributed by atoms with van der Waals surface area (Å²) in [5, 5.41) is 0. The highest BCUT2D eigenvalue weighted by molar-refractivity contribution is 7.17. The average Bonchev–Trinajstić information content (AvgIpc) is 2.85. The Hall–Kier alpha value is -1.75. The highest BCUT2D eigenvalue weighted by Gasteiger charge is 2.31. The minimum Gasteiger partial charge on any atom is -0.365 e. The van der Waals surface area contributed by atoms with E-state index in [9.17, 15) is 13.6 Å². The van der Waals surface area contributed by atoms with Crippen LogP contribution >= 0.6 is 11.3 Å². The summed E-state index contributed by atoms with van der Waals surface area (Å²) < 4.78 is 28.3. The third-order valence-electron chi connectivity index (χ3n) is 3.79. The minimum absolute atomic E-state index is 0.0662. The zero-order valence-corrected chi connectivity index (χ0v) is 11.7. The maximum Gasteiger partial charge on any atom is 0.258 e. The number of thiophene rings is 1. The van der Waals surface area contributed by atoms with Gasteiger partial charge < -0.3 is 5.73 Å². The van der Waals surface area contributed by atoms with Crippen LogP contribution in [0, 0.1) is 11.6 Å². The molecule has 2 N–H and O–H groups in total. The van der Waals surface area contributed by atoms with E-state index < -0.39 is 11.7 Å². The summed E-state index contributed by atoms with van der Waals surface area (Å²) in [7, 11) is 0. The predicted molar refractivity (Wildman–Crippen MR) is 74.9 cm³/mol. The highest BCUT2D eigenvalue weighted by atomic mass is 32.1. The number of carbonyl (C=O) groups is 1. The fourth-order valence-electron chi connectivity index (χ4n) is 2.83. The highest BCUT2D eigenvalue weighted by Crippen LogP contribution is 2.47. The Labute approximate surface area is 119 Å². The van der Waals surface area contributed by atoms with Crippen LogP contribution in [0.4, 0.5) is 8.78 Å². The first kappa shape index (κ1) is 13.2. The smallest absolute Gasteiger partial charge is 0.258 e. The molecule has 1 aliphatic carbocycles. The fourth-order valence-corrected chi connectivity index (χ4v) is 3.93.